The number of quaternary nitrogens is 1. The Bertz CT molecular complexity index is 246. The maximum atomic E-state index is 11.7. The molecule has 0 aromatic rings. The van der Waals surface area contributed by atoms with Crippen LogP contribution < -0.4 is 10.7 Å². The van der Waals surface area contributed by atoms with Gasteiger partial charge in [-0.15, -0.1) is 5.01 Å². The molecule has 1 rings (SSSR count). The standard InChI is InChI=1S/C9H19N3O5/c1-4-15-9(16-5-2,17-6-3)12-8(13)7-11(14)10-12/h10-11H,4-7H2,1-3H3. The molecule has 1 amide bonds. The summed E-state index contributed by atoms with van der Waals surface area (Å²) in [5, 5.41) is 11.7. The molecule has 0 radical (unpaired) electrons. The number of hydrazine groups is 1. The van der Waals surface area contributed by atoms with Crippen molar-refractivity contribution in [2.24, 2.45) is 0 Å². The summed E-state index contributed by atoms with van der Waals surface area (Å²) in [7, 11) is 0. The van der Waals surface area contributed by atoms with Gasteiger partial charge in [0.1, 0.15) is 0 Å². The summed E-state index contributed by atoms with van der Waals surface area (Å²) in [6.45, 7) is 5.84. The van der Waals surface area contributed by atoms with Crippen LogP contribution in [0.15, 0.2) is 0 Å². The van der Waals surface area contributed by atoms with Crippen LogP contribution in [-0.2, 0) is 19.0 Å². The van der Waals surface area contributed by atoms with Crippen molar-refractivity contribution in [2.75, 3.05) is 26.4 Å². The molecule has 1 fully saturated rings. The van der Waals surface area contributed by atoms with Gasteiger partial charge in [0.2, 0.25) is 0 Å². The van der Waals surface area contributed by atoms with E-state index in [0.717, 1.165) is 5.01 Å². The number of nitrogens with zero attached hydrogens (tertiary/aromatic N) is 1. The fraction of sp³-hybridized carbons (Fsp3) is 0.889. The third-order valence-corrected chi connectivity index (χ3v) is 2.05. The first-order valence-corrected chi connectivity index (χ1v) is 5.64. The summed E-state index contributed by atoms with van der Waals surface area (Å²) in [5.41, 5.74) is 2.37. The number of nitrogens with one attached hydrogen (secondary N) is 2. The van der Waals surface area contributed by atoms with E-state index in [4.69, 9.17) is 14.2 Å². The van der Waals surface area contributed by atoms with Gasteiger partial charge in [0.25, 0.3) is 0 Å². The Labute approximate surface area is 99.9 Å². The molecule has 17 heavy (non-hydrogen) atoms. The van der Waals surface area contributed by atoms with Gasteiger partial charge >= 0.3 is 12.0 Å². The summed E-state index contributed by atoms with van der Waals surface area (Å²) in [6, 6.07) is 0. The van der Waals surface area contributed by atoms with Crippen molar-refractivity contribution in [3.05, 3.63) is 5.21 Å². The first-order valence-electron chi connectivity index (χ1n) is 5.64. The van der Waals surface area contributed by atoms with Crippen LogP contribution >= 0.6 is 0 Å². The van der Waals surface area contributed by atoms with E-state index in [-0.39, 0.29) is 26.4 Å². The summed E-state index contributed by atoms with van der Waals surface area (Å²) >= 11 is 0. The number of rotatable bonds is 7. The predicted octanol–water partition coefficient (Wildman–Crippen LogP) is -1.65. The van der Waals surface area contributed by atoms with Gasteiger partial charge in [0.05, 0.1) is 19.8 Å². The monoisotopic (exact) mass is 249 g/mol. The number of ether oxygens (including phenoxy) is 3. The Hall–Kier alpha value is -0.770. The lowest BCUT2D eigenvalue weighted by molar-refractivity contribution is -0.894. The van der Waals surface area contributed by atoms with Crippen molar-refractivity contribution in [2.45, 2.75) is 26.9 Å². The number of amides is 1. The highest BCUT2D eigenvalue weighted by Crippen LogP contribution is 2.20. The Morgan fingerprint density at radius 3 is 2.06 bits per heavy atom. The van der Waals surface area contributed by atoms with Crippen molar-refractivity contribution in [3.8, 4) is 0 Å². The molecule has 8 heteroatoms. The molecule has 1 saturated heterocycles. The largest absolute Gasteiger partial charge is 0.611 e. The highest BCUT2D eigenvalue weighted by Gasteiger charge is 2.49. The quantitative estimate of drug-likeness (QED) is 0.415. The van der Waals surface area contributed by atoms with Crippen molar-refractivity contribution in [1.82, 2.24) is 10.5 Å². The lowest BCUT2D eigenvalue weighted by Crippen LogP contribution is -3.12. The number of hydroxylamine groups is 1. The Morgan fingerprint density at radius 1 is 1.29 bits per heavy atom. The first kappa shape index (κ1) is 14.3. The highest BCUT2D eigenvalue weighted by molar-refractivity contribution is 5.77. The fourth-order valence-electron chi connectivity index (χ4n) is 1.53. The lowest BCUT2D eigenvalue weighted by atomic mass is 10.6. The zero-order valence-corrected chi connectivity index (χ0v) is 10.3. The van der Waals surface area contributed by atoms with Gasteiger partial charge < -0.3 is 19.4 Å². The molecule has 0 aromatic carbocycles. The average molecular weight is 249 g/mol. The summed E-state index contributed by atoms with van der Waals surface area (Å²) in [6.07, 6.45) is -1.67. The van der Waals surface area contributed by atoms with Crippen LogP contribution in [0.3, 0.4) is 0 Å². The first-order chi connectivity index (χ1) is 8.09. The predicted molar refractivity (Wildman–Crippen MR) is 56.8 cm³/mol. The van der Waals surface area contributed by atoms with Gasteiger partial charge in [-0.05, 0) is 20.8 Å². The number of carbonyl (C=O) groups is 1. The number of carbonyl (C=O) groups excluding carboxylic acids is 1. The molecule has 0 saturated carbocycles. The molecule has 100 valence electrons. The minimum atomic E-state index is -1.67. The lowest BCUT2D eigenvalue weighted by Gasteiger charge is -2.36. The van der Waals surface area contributed by atoms with Crippen LogP contribution in [0, 0.1) is 5.21 Å². The molecule has 1 heterocycles. The minimum Gasteiger partial charge on any atom is -0.611 e. The van der Waals surface area contributed by atoms with Crippen molar-refractivity contribution in [1.29, 1.82) is 0 Å². The normalized spacial score (nSPS) is 21.3. The van der Waals surface area contributed by atoms with Gasteiger partial charge in [-0.3, -0.25) is 9.97 Å². The van der Waals surface area contributed by atoms with Gasteiger partial charge in [-0.25, -0.2) is 0 Å². The molecular weight excluding hydrogens is 230 g/mol. The molecule has 0 spiro atoms. The summed E-state index contributed by atoms with van der Waals surface area (Å²) in [5.74, 6) is -0.439. The van der Waals surface area contributed by atoms with Crippen molar-refractivity contribution < 1.29 is 24.2 Å². The summed E-state index contributed by atoms with van der Waals surface area (Å²) in [4.78, 5) is 11.7. The van der Waals surface area contributed by atoms with Gasteiger partial charge in [0, 0.05) is 0 Å². The second-order valence-electron chi connectivity index (χ2n) is 3.26. The maximum absolute atomic E-state index is 11.7. The zero-order valence-electron chi connectivity index (χ0n) is 10.3. The number of hydrogen-bond donors (Lipinski definition) is 2. The molecule has 2 N–H and O–H groups in total. The van der Waals surface area contributed by atoms with Crippen LogP contribution in [0.5, 0.6) is 0 Å². The summed E-state index contributed by atoms with van der Waals surface area (Å²) < 4.78 is 16.1. The fourth-order valence-corrected chi connectivity index (χ4v) is 1.53. The molecule has 0 aliphatic carbocycles. The zero-order chi connectivity index (χ0) is 12.9. The van der Waals surface area contributed by atoms with Crippen LogP contribution in [0.1, 0.15) is 20.8 Å². The number of hydrogen-bond acceptors (Lipinski definition) is 6. The second kappa shape index (κ2) is 6.24. The van der Waals surface area contributed by atoms with Crippen LogP contribution in [0.25, 0.3) is 0 Å². The van der Waals surface area contributed by atoms with E-state index in [0.29, 0.717) is 0 Å². The Balaban J connectivity index is 2.89. The van der Waals surface area contributed by atoms with Crippen molar-refractivity contribution >= 4 is 5.91 Å². The van der Waals surface area contributed by atoms with E-state index in [1.807, 2.05) is 0 Å². The molecule has 1 atom stereocenters. The van der Waals surface area contributed by atoms with E-state index in [9.17, 15) is 10.0 Å². The minimum absolute atomic E-state index is 0.227. The maximum Gasteiger partial charge on any atom is 0.397 e. The Morgan fingerprint density at radius 2 is 1.76 bits per heavy atom. The van der Waals surface area contributed by atoms with Gasteiger partial charge in [-0.2, -0.15) is 0 Å². The van der Waals surface area contributed by atoms with Gasteiger partial charge in [-0.1, -0.05) is 5.53 Å². The highest BCUT2D eigenvalue weighted by atomic mass is 16.9. The molecular formula is C9H19N3O5. The smallest absolute Gasteiger partial charge is 0.397 e. The molecule has 0 bridgehead atoms. The van der Waals surface area contributed by atoms with E-state index < -0.39 is 17.2 Å². The third kappa shape index (κ3) is 3.12. The van der Waals surface area contributed by atoms with Crippen molar-refractivity contribution in [3.63, 3.8) is 0 Å². The van der Waals surface area contributed by atoms with E-state index in [1.54, 1.807) is 20.8 Å². The van der Waals surface area contributed by atoms with E-state index in [2.05, 4.69) is 5.53 Å². The average Bonchev–Trinajstić information content (AvgIpc) is 2.59. The van der Waals surface area contributed by atoms with E-state index >= 15 is 0 Å². The topological polar surface area (TPSA) is 87.5 Å². The molecule has 1 unspecified atom stereocenters. The molecule has 1 aliphatic rings. The SMILES string of the molecule is CCOC(OCC)(OCC)N1N[NH+]([O-])CC1=O. The van der Waals surface area contributed by atoms with Crippen LogP contribution in [0.4, 0.5) is 0 Å². The second-order valence-corrected chi connectivity index (χ2v) is 3.26. The van der Waals surface area contributed by atoms with Gasteiger partial charge in [0.15, 0.2) is 6.54 Å². The molecule has 8 nitrogen and oxygen atoms in total. The Kier molecular flexibility index (Phi) is 5.25. The third-order valence-electron chi connectivity index (χ3n) is 2.05. The molecule has 0 aromatic heterocycles. The van der Waals surface area contributed by atoms with Crippen LogP contribution in [-0.4, -0.2) is 43.4 Å². The van der Waals surface area contributed by atoms with Crippen LogP contribution in [0.2, 0.25) is 0 Å². The molecule has 1 aliphatic heterocycles. The van der Waals surface area contributed by atoms with E-state index in [1.165, 1.54) is 0 Å².